The van der Waals surface area contributed by atoms with E-state index in [0.717, 1.165) is 36.3 Å². The second-order valence-corrected chi connectivity index (χ2v) is 5.69. The fourth-order valence-corrected chi connectivity index (χ4v) is 3.01. The molecule has 20 heavy (non-hydrogen) atoms. The second kappa shape index (κ2) is 5.65. The van der Waals surface area contributed by atoms with E-state index in [1.165, 1.54) is 5.56 Å². The highest BCUT2D eigenvalue weighted by Crippen LogP contribution is 2.38. The van der Waals surface area contributed by atoms with Gasteiger partial charge < -0.3 is 10.5 Å². The van der Waals surface area contributed by atoms with Crippen molar-refractivity contribution in [3.05, 3.63) is 63.1 Å². The number of para-hydroxylation sites is 1. The second-order valence-electron chi connectivity index (χ2n) is 4.91. The topological polar surface area (TPSA) is 35.2 Å². The summed E-state index contributed by atoms with van der Waals surface area (Å²) in [5, 5.41) is 1.03. The Hall–Kier alpha value is -1.22. The van der Waals surface area contributed by atoms with Gasteiger partial charge in [-0.1, -0.05) is 53.5 Å². The lowest BCUT2D eigenvalue weighted by atomic mass is 9.94. The lowest BCUT2D eigenvalue weighted by Crippen LogP contribution is -2.17. The molecule has 4 heteroatoms. The Kier molecular flexibility index (Phi) is 3.88. The van der Waals surface area contributed by atoms with E-state index in [9.17, 15) is 0 Å². The zero-order valence-corrected chi connectivity index (χ0v) is 12.4. The third-order valence-corrected chi connectivity index (χ3v) is 4.45. The summed E-state index contributed by atoms with van der Waals surface area (Å²) in [6, 6.07) is 11.3. The summed E-state index contributed by atoms with van der Waals surface area (Å²) in [7, 11) is 0. The Labute approximate surface area is 128 Å². The van der Waals surface area contributed by atoms with Gasteiger partial charge in [0.15, 0.2) is 0 Å². The first-order valence-corrected chi connectivity index (χ1v) is 7.38. The van der Waals surface area contributed by atoms with Crippen LogP contribution in [0.2, 0.25) is 10.0 Å². The van der Waals surface area contributed by atoms with Gasteiger partial charge in [-0.25, -0.2) is 0 Å². The first-order valence-electron chi connectivity index (χ1n) is 6.62. The molecule has 1 aliphatic heterocycles. The van der Waals surface area contributed by atoms with Crippen molar-refractivity contribution < 1.29 is 4.74 Å². The molecule has 2 N–H and O–H groups in total. The van der Waals surface area contributed by atoms with Crippen LogP contribution in [0.3, 0.4) is 0 Å². The maximum absolute atomic E-state index is 6.39. The van der Waals surface area contributed by atoms with Gasteiger partial charge in [0.25, 0.3) is 0 Å². The summed E-state index contributed by atoms with van der Waals surface area (Å²) in [6.45, 7) is 0.736. The summed E-state index contributed by atoms with van der Waals surface area (Å²) in [4.78, 5) is 0. The Balaban J connectivity index is 2.07. The van der Waals surface area contributed by atoms with Gasteiger partial charge in [0, 0.05) is 5.56 Å². The third kappa shape index (κ3) is 2.39. The number of halogens is 2. The third-order valence-electron chi connectivity index (χ3n) is 3.62. The van der Waals surface area contributed by atoms with Crippen molar-refractivity contribution in [2.45, 2.75) is 18.9 Å². The predicted octanol–water partition coefficient (Wildman–Crippen LogP) is 4.37. The molecule has 2 nitrogen and oxygen atoms in total. The van der Waals surface area contributed by atoms with E-state index >= 15 is 0 Å². The van der Waals surface area contributed by atoms with Crippen LogP contribution in [0.4, 0.5) is 0 Å². The molecule has 0 aliphatic carbocycles. The fraction of sp³-hybridized carbons (Fsp3) is 0.250. The van der Waals surface area contributed by atoms with Crippen LogP contribution in [0.5, 0.6) is 5.75 Å². The maximum atomic E-state index is 6.39. The molecule has 0 saturated heterocycles. The van der Waals surface area contributed by atoms with E-state index in [1.54, 1.807) is 6.07 Å². The standard InChI is InChI=1S/C16H15Cl2NO/c17-13-8-2-6-11(14(13)18)15(19)12-7-1-4-10-5-3-9-20-16(10)12/h1-2,4,6-8,15H,3,5,9,19H2. The van der Waals surface area contributed by atoms with Gasteiger partial charge in [0.05, 0.1) is 22.7 Å². The summed E-state index contributed by atoms with van der Waals surface area (Å²) in [5.74, 6) is 0.905. The van der Waals surface area contributed by atoms with Gasteiger partial charge in [-0.05, 0) is 30.0 Å². The number of nitrogens with two attached hydrogens (primary N) is 1. The number of rotatable bonds is 2. The molecule has 0 saturated carbocycles. The van der Waals surface area contributed by atoms with E-state index in [0.29, 0.717) is 10.0 Å². The molecule has 0 spiro atoms. The van der Waals surface area contributed by atoms with Crippen LogP contribution in [0.1, 0.15) is 29.2 Å². The quantitative estimate of drug-likeness (QED) is 0.894. The van der Waals surface area contributed by atoms with Crippen LogP contribution in [-0.4, -0.2) is 6.61 Å². The van der Waals surface area contributed by atoms with Crippen molar-refractivity contribution in [2.24, 2.45) is 5.73 Å². The molecule has 2 aromatic carbocycles. The Morgan fingerprint density at radius 1 is 1.05 bits per heavy atom. The van der Waals surface area contributed by atoms with E-state index < -0.39 is 0 Å². The minimum atomic E-state index is -0.339. The molecule has 1 unspecified atom stereocenters. The highest BCUT2D eigenvalue weighted by molar-refractivity contribution is 6.42. The van der Waals surface area contributed by atoms with Crippen LogP contribution >= 0.6 is 23.2 Å². The van der Waals surface area contributed by atoms with Crippen LogP contribution in [0.25, 0.3) is 0 Å². The number of aryl methyl sites for hydroxylation is 1. The zero-order valence-electron chi connectivity index (χ0n) is 10.9. The maximum Gasteiger partial charge on any atom is 0.127 e. The normalized spacial score (nSPS) is 15.3. The van der Waals surface area contributed by atoms with Crippen molar-refractivity contribution in [2.75, 3.05) is 6.61 Å². The zero-order chi connectivity index (χ0) is 14.1. The molecular formula is C16H15Cl2NO. The molecule has 0 radical (unpaired) electrons. The average molecular weight is 308 g/mol. The molecule has 2 aromatic rings. The lowest BCUT2D eigenvalue weighted by Gasteiger charge is -2.24. The number of hydrogen-bond acceptors (Lipinski definition) is 2. The molecule has 0 fully saturated rings. The number of benzene rings is 2. The van der Waals surface area contributed by atoms with Crippen molar-refractivity contribution in [3.63, 3.8) is 0 Å². The van der Waals surface area contributed by atoms with Gasteiger partial charge in [-0.15, -0.1) is 0 Å². The molecule has 0 aromatic heterocycles. The SMILES string of the molecule is NC(c1cccc(Cl)c1Cl)c1cccc2c1OCCC2. The van der Waals surface area contributed by atoms with E-state index in [1.807, 2.05) is 24.3 Å². The Bertz CT molecular complexity index is 642. The van der Waals surface area contributed by atoms with Crippen molar-refractivity contribution in [3.8, 4) is 5.75 Å². The highest BCUT2D eigenvalue weighted by Gasteiger charge is 2.21. The van der Waals surface area contributed by atoms with Gasteiger partial charge >= 0.3 is 0 Å². The lowest BCUT2D eigenvalue weighted by molar-refractivity contribution is 0.284. The molecule has 3 rings (SSSR count). The molecule has 104 valence electrons. The highest BCUT2D eigenvalue weighted by atomic mass is 35.5. The number of hydrogen-bond donors (Lipinski definition) is 1. The summed E-state index contributed by atoms with van der Waals surface area (Å²) < 4.78 is 5.81. The van der Waals surface area contributed by atoms with E-state index in [-0.39, 0.29) is 6.04 Å². The minimum absolute atomic E-state index is 0.339. The summed E-state index contributed by atoms with van der Waals surface area (Å²) >= 11 is 12.3. The first-order chi connectivity index (χ1) is 9.68. The van der Waals surface area contributed by atoms with Crippen molar-refractivity contribution >= 4 is 23.2 Å². The predicted molar refractivity (Wildman–Crippen MR) is 82.8 cm³/mol. The van der Waals surface area contributed by atoms with Gasteiger partial charge in [0.1, 0.15) is 5.75 Å². The first kappa shape index (κ1) is 13.7. The van der Waals surface area contributed by atoms with Crippen LogP contribution in [-0.2, 0) is 6.42 Å². The van der Waals surface area contributed by atoms with Gasteiger partial charge in [0.2, 0.25) is 0 Å². The van der Waals surface area contributed by atoms with Crippen LogP contribution < -0.4 is 10.5 Å². The molecular weight excluding hydrogens is 293 g/mol. The van der Waals surface area contributed by atoms with Crippen LogP contribution in [0.15, 0.2) is 36.4 Å². The Morgan fingerprint density at radius 2 is 1.80 bits per heavy atom. The fourth-order valence-electron chi connectivity index (χ4n) is 2.59. The van der Waals surface area contributed by atoms with E-state index in [4.69, 9.17) is 33.7 Å². The van der Waals surface area contributed by atoms with Crippen LogP contribution in [0, 0.1) is 0 Å². The van der Waals surface area contributed by atoms with Gasteiger partial charge in [-0.2, -0.15) is 0 Å². The van der Waals surface area contributed by atoms with Crippen molar-refractivity contribution in [1.82, 2.24) is 0 Å². The van der Waals surface area contributed by atoms with Gasteiger partial charge in [-0.3, -0.25) is 0 Å². The summed E-state index contributed by atoms with van der Waals surface area (Å²) in [5.41, 5.74) is 9.38. The molecule has 1 heterocycles. The monoisotopic (exact) mass is 307 g/mol. The molecule has 1 aliphatic rings. The summed E-state index contributed by atoms with van der Waals surface area (Å²) in [6.07, 6.45) is 2.07. The average Bonchev–Trinajstić information content (AvgIpc) is 2.49. The smallest absolute Gasteiger partial charge is 0.127 e. The van der Waals surface area contributed by atoms with Crippen molar-refractivity contribution in [1.29, 1.82) is 0 Å². The number of ether oxygens (including phenoxy) is 1. The molecule has 1 atom stereocenters. The van der Waals surface area contributed by atoms with E-state index in [2.05, 4.69) is 6.07 Å². The Morgan fingerprint density at radius 3 is 2.65 bits per heavy atom. The minimum Gasteiger partial charge on any atom is -0.493 e. The molecule has 0 bridgehead atoms. The molecule has 0 amide bonds. The largest absolute Gasteiger partial charge is 0.493 e. The number of fused-ring (bicyclic) bond motifs is 1.